The molecule has 1 aliphatic rings. The van der Waals surface area contributed by atoms with E-state index in [-0.39, 0.29) is 17.9 Å². The van der Waals surface area contributed by atoms with Gasteiger partial charge in [0.05, 0.1) is 6.10 Å². The lowest BCUT2D eigenvalue weighted by atomic mass is 10.2. The van der Waals surface area contributed by atoms with Crippen molar-refractivity contribution in [2.75, 3.05) is 39.3 Å². The maximum atomic E-state index is 12.4. The molecule has 2 aromatic rings. The smallest absolute Gasteiger partial charge is 0.276 e. The minimum Gasteiger partial charge on any atom is -0.491 e. The maximum absolute atomic E-state index is 12.4. The molecule has 1 saturated heterocycles. The number of carbonyl (C=O) groups excluding carboxylic acids is 2. The average Bonchev–Trinajstić information content (AvgIpc) is 3.14. The van der Waals surface area contributed by atoms with Gasteiger partial charge >= 0.3 is 0 Å². The Hall–Kier alpha value is -2.87. The molecule has 29 heavy (non-hydrogen) atoms. The SMILES string of the molecule is Cc1cc(C(=O)N2CCN(CCNC(=O)c3ccc(OC(C)C)cc3)CC2)no1. The summed E-state index contributed by atoms with van der Waals surface area (Å²) >= 11 is 0. The summed E-state index contributed by atoms with van der Waals surface area (Å²) in [6.45, 7) is 9.79. The van der Waals surface area contributed by atoms with Crippen molar-refractivity contribution in [2.24, 2.45) is 0 Å². The maximum Gasteiger partial charge on any atom is 0.276 e. The summed E-state index contributed by atoms with van der Waals surface area (Å²) in [5, 5.41) is 6.74. The molecule has 8 nitrogen and oxygen atoms in total. The second kappa shape index (κ2) is 9.56. The van der Waals surface area contributed by atoms with Crippen molar-refractivity contribution in [1.29, 1.82) is 0 Å². The number of carbonyl (C=O) groups is 2. The van der Waals surface area contributed by atoms with Gasteiger partial charge in [-0.15, -0.1) is 0 Å². The fourth-order valence-electron chi connectivity index (χ4n) is 3.19. The standard InChI is InChI=1S/C21H28N4O4/c1-15(2)28-18-6-4-17(5-7-18)20(26)22-8-9-24-10-12-25(13-11-24)21(27)19-14-16(3)29-23-19/h4-7,14-15H,8-13H2,1-3H3,(H,22,26). The zero-order valence-electron chi connectivity index (χ0n) is 17.2. The van der Waals surface area contributed by atoms with E-state index in [0.717, 1.165) is 25.4 Å². The normalized spacial score (nSPS) is 14.8. The molecule has 2 amide bonds. The van der Waals surface area contributed by atoms with E-state index >= 15 is 0 Å². The van der Waals surface area contributed by atoms with E-state index in [4.69, 9.17) is 9.26 Å². The van der Waals surface area contributed by atoms with Crippen LogP contribution in [0.25, 0.3) is 0 Å². The van der Waals surface area contributed by atoms with Crippen molar-refractivity contribution in [3.63, 3.8) is 0 Å². The number of ether oxygens (including phenoxy) is 1. The number of hydrogen-bond acceptors (Lipinski definition) is 6. The van der Waals surface area contributed by atoms with Crippen LogP contribution in [-0.2, 0) is 0 Å². The predicted octanol–water partition coefficient (Wildman–Crippen LogP) is 1.96. The Labute approximate surface area is 170 Å². The molecular weight excluding hydrogens is 372 g/mol. The molecule has 0 radical (unpaired) electrons. The summed E-state index contributed by atoms with van der Waals surface area (Å²) in [4.78, 5) is 28.7. The fourth-order valence-corrected chi connectivity index (χ4v) is 3.19. The van der Waals surface area contributed by atoms with E-state index in [0.29, 0.717) is 36.7 Å². The highest BCUT2D eigenvalue weighted by atomic mass is 16.5. The lowest BCUT2D eigenvalue weighted by molar-refractivity contribution is 0.0628. The fraction of sp³-hybridized carbons (Fsp3) is 0.476. The zero-order valence-corrected chi connectivity index (χ0v) is 17.2. The number of amides is 2. The molecule has 2 heterocycles. The Morgan fingerprint density at radius 3 is 2.45 bits per heavy atom. The topological polar surface area (TPSA) is 87.9 Å². The molecule has 3 rings (SSSR count). The first-order valence-corrected chi connectivity index (χ1v) is 9.92. The van der Waals surface area contributed by atoms with E-state index in [9.17, 15) is 9.59 Å². The van der Waals surface area contributed by atoms with Crippen LogP contribution in [0.4, 0.5) is 0 Å². The van der Waals surface area contributed by atoms with Crippen LogP contribution in [0.15, 0.2) is 34.9 Å². The second-order valence-electron chi connectivity index (χ2n) is 7.40. The van der Waals surface area contributed by atoms with Crippen LogP contribution in [0.5, 0.6) is 5.75 Å². The Balaban J connectivity index is 1.38. The van der Waals surface area contributed by atoms with Crippen LogP contribution in [0.1, 0.15) is 40.5 Å². The van der Waals surface area contributed by atoms with Gasteiger partial charge in [-0.2, -0.15) is 0 Å². The molecule has 0 atom stereocenters. The van der Waals surface area contributed by atoms with Crippen LogP contribution < -0.4 is 10.1 Å². The number of piperazine rings is 1. The van der Waals surface area contributed by atoms with Crippen molar-refractivity contribution in [3.8, 4) is 5.75 Å². The number of benzene rings is 1. The van der Waals surface area contributed by atoms with Crippen molar-refractivity contribution in [2.45, 2.75) is 26.9 Å². The number of nitrogens with one attached hydrogen (secondary N) is 1. The highest BCUT2D eigenvalue weighted by Crippen LogP contribution is 2.14. The summed E-state index contributed by atoms with van der Waals surface area (Å²) in [6.07, 6.45) is 0.102. The minimum atomic E-state index is -0.101. The van der Waals surface area contributed by atoms with Gasteiger partial charge in [0, 0.05) is 50.9 Å². The highest BCUT2D eigenvalue weighted by molar-refractivity contribution is 5.94. The van der Waals surface area contributed by atoms with Crippen molar-refractivity contribution < 1.29 is 18.8 Å². The summed E-state index contributed by atoms with van der Waals surface area (Å²) in [5.74, 6) is 1.19. The minimum absolute atomic E-state index is 0.0975. The molecule has 0 aliphatic carbocycles. The van der Waals surface area contributed by atoms with Crippen LogP contribution in [0.3, 0.4) is 0 Å². The molecule has 0 bridgehead atoms. The highest BCUT2D eigenvalue weighted by Gasteiger charge is 2.24. The van der Waals surface area contributed by atoms with Gasteiger partial charge in [-0.1, -0.05) is 5.16 Å². The number of aromatic nitrogens is 1. The third-order valence-corrected chi connectivity index (χ3v) is 4.71. The molecule has 0 unspecified atom stereocenters. The van der Waals surface area contributed by atoms with Crippen LogP contribution in [0, 0.1) is 6.92 Å². The van der Waals surface area contributed by atoms with E-state index in [1.165, 1.54) is 0 Å². The number of rotatable bonds is 7. The first-order valence-electron chi connectivity index (χ1n) is 9.92. The molecule has 0 saturated carbocycles. The molecule has 8 heteroatoms. The average molecular weight is 400 g/mol. The molecule has 1 N–H and O–H groups in total. The van der Waals surface area contributed by atoms with E-state index < -0.39 is 0 Å². The van der Waals surface area contributed by atoms with Crippen molar-refractivity contribution >= 4 is 11.8 Å². The number of aryl methyl sites for hydroxylation is 1. The van der Waals surface area contributed by atoms with Gasteiger partial charge in [-0.05, 0) is 45.0 Å². The van der Waals surface area contributed by atoms with E-state index in [2.05, 4.69) is 15.4 Å². The monoisotopic (exact) mass is 400 g/mol. The van der Waals surface area contributed by atoms with E-state index in [1.807, 2.05) is 26.0 Å². The van der Waals surface area contributed by atoms with Gasteiger partial charge in [0.25, 0.3) is 11.8 Å². The molecular formula is C21H28N4O4. The lowest BCUT2D eigenvalue weighted by Crippen LogP contribution is -2.50. The number of nitrogens with zero attached hydrogens (tertiary/aromatic N) is 3. The summed E-state index contributed by atoms with van der Waals surface area (Å²) in [6, 6.07) is 8.81. The zero-order chi connectivity index (χ0) is 20.8. The molecule has 1 aromatic carbocycles. The second-order valence-corrected chi connectivity index (χ2v) is 7.40. The molecule has 1 fully saturated rings. The Bertz CT molecular complexity index is 823. The van der Waals surface area contributed by atoms with E-state index in [1.54, 1.807) is 30.0 Å². The summed E-state index contributed by atoms with van der Waals surface area (Å²) in [7, 11) is 0. The van der Waals surface area contributed by atoms with Gasteiger partial charge in [0.1, 0.15) is 11.5 Å². The first-order chi connectivity index (χ1) is 13.9. The third-order valence-electron chi connectivity index (χ3n) is 4.71. The number of hydrogen-bond donors (Lipinski definition) is 1. The van der Waals surface area contributed by atoms with Crippen LogP contribution in [-0.4, -0.2) is 72.1 Å². The lowest BCUT2D eigenvalue weighted by Gasteiger charge is -2.34. The quantitative estimate of drug-likeness (QED) is 0.764. The first kappa shape index (κ1) is 20.9. The van der Waals surface area contributed by atoms with Crippen molar-refractivity contribution in [1.82, 2.24) is 20.3 Å². The van der Waals surface area contributed by atoms with Crippen molar-refractivity contribution in [3.05, 3.63) is 47.3 Å². The van der Waals surface area contributed by atoms with Crippen LogP contribution in [0.2, 0.25) is 0 Å². The van der Waals surface area contributed by atoms with Gasteiger partial charge in [-0.3, -0.25) is 14.5 Å². The Morgan fingerprint density at radius 1 is 1.17 bits per heavy atom. The molecule has 1 aliphatic heterocycles. The Kier molecular flexibility index (Phi) is 6.87. The predicted molar refractivity (Wildman–Crippen MR) is 108 cm³/mol. The largest absolute Gasteiger partial charge is 0.491 e. The van der Waals surface area contributed by atoms with Gasteiger partial charge in [0.15, 0.2) is 5.69 Å². The molecule has 0 spiro atoms. The summed E-state index contributed by atoms with van der Waals surface area (Å²) in [5.41, 5.74) is 0.965. The van der Waals surface area contributed by atoms with Crippen LogP contribution >= 0.6 is 0 Å². The Morgan fingerprint density at radius 2 is 1.86 bits per heavy atom. The summed E-state index contributed by atoms with van der Waals surface area (Å²) < 4.78 is 10.6. The van der Waals surface area contributed by atoms with Gasteiger partial charge in [-0.25, -0.2) is 0 Å². The molecule has 156 valence electrons. The molecule has 1 aromatic heterocycles. The van der Waals surface area contributed by atoms with Gasteiger partial charge in [0.2, 0.25) is 0 Å². The third kappa shape index (κ3) is 5.80. The van der Waals surface area contributed by atoms with Gasteiger partial charge < -0.3 is 19.5 Å².